The van der Waals surface area contributed by atoms with Crippen molar-refractivity contribution in [2.24, 2.45) is 11.8 Å². The van der Waals surface area contributed by atoms with Gasteiger partial charge in [-0.15, -0.1) is 12.4 Å². The molecule has 0 radical (unpaired) electrons. The van der Waals surface area contributed by atoms with Crippen LogP contribution in [0.3, 0.4) is 0 Å². The standard InChI is InChI=1S/C35H41FN6O2.ClH/c1-22-5-8-28(19-38-22)41-12-3-4-27(20-41)35(25-6-7-25,26-9-11-37-23(2)14-26)40-18-24-17-39-32-16-33(42-13-10-29(43)21-42)31(36)15-30(32)34(24)44;/h5,8-9,11,14-17,19,25,27,29,40,43H,3-4,6-7,10,12-13,18,20-21H2,1-2H3,(H,39,44);1H/t27-,29+,35?;/m0./s1. The number of piperidine rings is 1. The molecule has 45 heavy (non-hydrogen) atoms. The molecule has 1 unspecified atom stereocenters. The molecule has 3 N–H and O–H groups in total. The lowest BCUT2D eigenvalue weighted by Gasteiger charge is -2.48. The summed E-state index contributed by atoms with van der Waals surface area (Å²) in [5.74, 6) is 0.317. The molecule has 0 spiro atoms. The first-order valence-electron chi connectivity index (χ1n) is 15.9. The van der Waals surface area contributed by atoms with E-state index < -0.39 is 11.9 Å². The quantitative estimate of drug-likeness (QED) is 0.240. The van der Waals surface area contributed by atoms with Gasteiger partial charge in [0.1, 0.15) is 5.82 Å². The molecule has 5 heterocycles. The molecule has 2 aliphatic heterocycles. The second kappa shape index (κ2) is 12.7. The molecule has 0 bridgehead atoms. The Hall–Kier alpha value is -3.53. The number of hydrogen-bond donors (Lipinski definition) is 3. The van der Waals surface area contributed by atoms with E-state index in [2.05, 4.69) is 49.4 Å². The fourth-order valence-corrected chi connectivity index (χ4v) is 7.62. The third kappa shape index (κ3) is 6.05. The van der Waals surface area contributed by atoms with Gasteiger partial charge in [0.25, 0.3) is 0 Å². The molecule has 3 aliphatic rings. The van der Waals surface area contributed by atoms with Gasteiger partial charge < -0.3 is 25.2 Å². The van der Waals surface area contributed by atoms with Gasteiger partial charge in [0, 0.05) is 67.5 Å². The average Bonchev–Trinajstić information content (AvgIpc) is 3.79. The number of aromatic nitrogens is 3. The summed E-state index contributed by atoms with van der Waals surface area (Å²) >= 11 is 0. The van der Waals surface area contributed by atoms with E-state index in [1.54, 1.807) is 12.3 Å². The summed E-state index contributed by atoms with van der Waals surface area (Å²) in [4.78, 5) is 30.4. The fraction of sp³-hybridized carbons (Fsp3) is 0.457. The highest BCUT2D eigenvalue weighted by Crippen LogP contribution is 2.52. The summed E-state index contributed by atoms with van der Waals surface area (Å²) in [5, 5.41) is 14.3. The number of β-amino-alcohol motifs (C(OH)–C–C–N with tert-alkyl or cyclic N) is 1. The SMILES string of the molecule is Cc1ccc(N2CCC[C@H](C(NCc3c[nH]c4cc(N5CC[C@@H](O)C5)c(F)cc4c3=O)(c3ccnc(C)c3)C3CC3)C2)cn1.Cl. The summed E-state index contributed by atoms with van der Waals surface area (Å²) in [6.07, 6.45) is 10.2. The molecule has 8 nitrogen and oxygen atoms in total. The predicted molar refractivity (Wildman–Crippen MR) is 179 cm³/mol. The average molecular weight is 633 g/mol. The van der Waals surface area contributed by atoms with Crippen LogP contribution in [0.25, 0.3) is 10.9 Å². The molecule has 1 saturated carbocycles. The van der Waals surface area contributed by atoms with Crippen molar-refractivity contribution in [3.05, 3.63) is 93.5 Å². The second-order valence-corrected chi connectivity index (χ2v) is 13.0. The maximum Gasteiger partial charge on any atom is 0.193 e. The molecule has 3 aromatic heterocycles. The zero-order valence-corrected chi connectivity index (χ0v) is 26.7. The Morgan fingerprint density at radius 1 is 1.00 bits per heavy atom. The van der Waals surface area contributed by atoms with E-state index in [4.69, 9.17) is 0 Å². The first-order valence-corrected chi connectivity index (χ1v) is 15.9. The summed E-state index contributed by atoms with van der Waals surface area (Å²) < 4.78 is 15.3. The highest BCUT2D eigenvalue weighted by atomic mass is 35.5. The number of benzene rings is 1. The molecule has 7 rings (SSSR count). The monoisotopic (exact) mass is 632 g/mol. The van der Waals surface area contributed by atoms with Crippen LogP contribution in [0.1, 0.15) is 54.6 Å². The number of nitrogens with zero attached hydrogens (tertiary/aromatic N) is 4. The van der Waals surface area contributed by atoms with Crippen molar-refractivity contribution in [1.29, 1.82) is 0 Å². The zero-order chi connectivity index (χ0) is 30.4. The van der Waals surface area contributed by atoms with E-state index in [9.17, 15) is 9.90 Å². The number of aliphatic hydroxyl groups is 1. The van der Waals surface area contributed by atoms with Crippen LogP contribution in [0.2, 0.25) is 0 Å². The summed E-state index contributed by atoms with van der Waals surface area (Å²) in [6.45, 7) is 7.28. The van der Waals surface area contributed by atoms with Crippen molar-refractivity contribution in [3.8, 4) is 0 Å². The second-order valence-electron chi connectivity index (χ2n) is 13.0. The molecule has 1 aliphatic carbocycles. The van der Waals surface area contributed by atoms with E-state index in [1.807, 2.05) is 31.1 Å². The van der Waals surface area contributed by atoms with Gasteiger partial charge in [0.2, 0.25) is 0 Å². The number of aliphatic hydroxyl groups excluding tert-OH is 1. The Morgan fingerprint density at radius 3 is 2.56 bits per heavy atom. The minimum atomic E-state index is -0.460. The van der Waals surface area contributed by atoms with Crippen LogP contribution in [0.4, 0.5) is 15.8 Å². The molecular formula is C35H42ClFN6O2. The lowest BCUT2D eigenvalue weighted by Crippen LogP contribution is -2.55. The third-order valence-corrected chi connectivity index (χ3v) is 10.0. The predicted octanol–water partition coefficient (Wildman–Crippen LogP) is 5.38. The van der Waals surface area contributed by atoms with Crippen LogP contribution >= 0.6 is 12.4 Å². The van der Waals surface area contributed by atoms with Gasteiger partial charge in [0.15, 0.2) is 5.43 Å². The van der Waals surface area contributed by atoms with Crippen molar-refractivity contribution in [2.45, 2.75) is 64.1 Å². The number of aromatic amines is 1. The van der Waals surface area contributed by atoms with Crippen molar-refractivity contribution < 1.29 is 9.50 Å². The Morgan fingerprint density at radius 2 is 1.84 bits per heavy atom. The number of halogens is 2. The van der Waals surface area contributed by atoms with E-state index in [0.717, 1.165) is 55.8 Å². The number of nitrogens with one attached hydrogen (secondary N) is 2. The van der Waals surface area contributed by atoms with Crippen molar-refractivity contribution in [1.82, 2.24) is 20.3 Å². The van der Waals surface area contributed by atoms with E-state index in [0.29, 0.717) is 60.0 Å². The molecule has 238 valence electrons. The molecule has 0 amide bonds. The van der Waals surface area contributed by atoms with Gasteiger partial charge in [-0.2, -0.15) is 0 Å². The first kappa shape index (κ1) is 31.5. The largest absolute Gasteiger partial charge is 0.391 e. The highest BCUT2D eigenvalue weighted by Gasteiger charge is 2.52. The maximum absolute atomic E-state index is 15.3. The highest BCUT2D eigenvalue weighted by molar-refractivity contribution is 5.85. The number of hydrogen-bond acceptors (Lipinski definition) is 7. The minimum absolute atomic E-state index is 0. The summed E-state index contributed by atoms with van der Waals surface area (Å²) in [7, 11) is 0. The number of fused-ring (bicyclic) bond motifs is 1. The van der Waals surface area contributed by atoms with E-state index >= 15 is 4.39 Å². The van der Waals surface area contributed by atoms with Gasteiger partial charge in [-0.3, -0.25) is 14.8 Å². The van der Waals surface area contributed by atoms with Crippen molar-refractivity contribution in [3.63, 3.8) is 0 Å². The van der Waals surface area contributed by atoms with E-state index in [-0.39, 0.29) is 23.4 Å². The van der Waals surface area contributed by atoms with Crippen molar-refractivity contribution in [2.75, 3.05) is 36.0 Å². The van der Waals surface area contributed by atoms with Crippen LogP contribution in [0, 0.1) is 31.5 Å². The van der Waals surface area contributed by atoms with Gasteiger partial charge in [0.05, 0.1) is 34.7 Å². The fourth-order valence-electron chi connectivity index (χ4n) is 7.62. The number of H-pyrrole nitrogens is 1. The molecule has 1 aromatic carbocycles. The first-order chi connectivity index (χ1) is 21.3. The summed E-state index contributed by atoms with van der Waals surface area (Å²) in [6, 6.07) is 11.6. The normalized spacial score (nSPS) is 21.5. The van der Waals surface area contributed by atoms with Crippen LogP contribution in [-0.4, -0.2) is 52.3 Å². The van der Waals surface area contributed by atoms with Crippen LogP contribution in [-0.2, 0) is 12.1 Å². The summed E-state index contributed by atoms with van der Waals surface area (Å²) in [5.41, 5.74) is 5.47. The lowest BCUT2D eigenvalue weighted by atomic mass is 9.70. The molecule has 4 aromatic rings. The number of pyridine rings is 3. The molecular weight excluding hydrogens is 591 g/mol. The molecule has 10 heteroatoms. The molecule has 3 atom stereocenters. The third-order valence-electron chi connectivity index (χ3n) is 10.0. The zero-order valence-electron chi connectivity index (χ0n) is 25.9. The minimum Gasteiger partial charge on any atom is -0.391 e. The van der Waals surface area contributed by atoms with Gasteiger partial charge in [-0.1, -0.05) is 0 Å². The topological polar surface area (TPSA) is 97.4 Å². The Kier molecular flexibility index (Phi) is 8.87. The Labute approximate surface area is 269 Å². The molecule has 2 saturated heterocycles. The number of aryl methyl sites for hydroxylation is 2. The van der Waals surface area contributed by atoms with E-state index in [1.165, 1.54) is 11.6 Å². The van der Waals surface area contributed by atoms with Gasteiger partial charge in [-0.05, 0) is 99.7 Å². The van der Waals surface area contributed by atoms with Crippen LogP contribution in [0.15, 0.2) is 59.8 Å². The number of rotatable bonds is 8. The number of anilines is 2. The maximum atomic E-state index is 15.3. The van der Waals surface area contributed by atoms with Crippen LogP contribution < -0.4 is 20.5 Å². The van der Waals surface area contributed by atoms with Crippen LogP contribution in [0.5, 0.6) is 0 Å². The van der Waals surface area contributed by atoms with Gasteiger partial charge in [-0.25, -0.2) is 4.39 Å². The smallest absolute Gasteiger partial charge is 0.193 e. The molecule has 3 fully saturated rings. The Bertz CT molecular complexity index is 1730. The Balaban J connectivity index is 0.00000357. The van der Waals surface area contributed by atoms with Gasteiger partial charge >= 0.3 is 0 Å². The lowest BCUT2D eigenvalue weighted by molar-refractivity contribution is 0.150. The van der Waals surface area contributed by atoms with Crippen molar-refractivity contribution >= 4 is 34.7 Å².